The van der Waals surface area contributed by atoms with Gasteiger partial charge in [-0.2, -0.15) is 0 Å². The molecule has 2 heteroatoms. The van der Waals surface area contributed by atoms with Crippen molar-refractivity contribution in [3.05, 3.63) is 29.7 Å². The highest BCUT2D eigenvalue weighted by Gasteiger charge is 2.00. The van der Waals surface area contributed by atoms with Crippen LogP contribution in [0.25, 0.3) is 0 Å². The van der Waals surface area contributed by atoms with Crippen LogP contribution in [0.2, 0.25) is 0 Å². The Hall–Kier alpha value is -0.980. The zero-order valence-corrected chi connectivity index (χ0v) is 6.13. The largest absolute Gasteiger partial charge is 0.489 e. The zero-order valence-electron chi connectivity index (χ0n) is 6.13. The number of hydrogen-bond donors (Lipinski definition) is 0. The summed E-state index contributed by atoms with van der Waals surface area (Å²) < 4.78 is 9.93. The molecule has 0 heterocycles. The highest BCUT2D eigenvalue weighted by atomic mass is 16.5. The van der Waals surface area contributed by atoms with Gasteiger partial charge in [0, 0.05) is 7.11 Å². The molecule has 1 rings (SSSR count). The molecule has 0 radical (unpaired) electrons. The van der Waals surface area contributed by atoms with Gasteiger partial charge in [-0.05, 0) is 18.2 Å². The second-order valence-electron chi connectivity index (χ2n) is 1.94. The summed E-state index contributed by atoms with van der Waals surface area (Å²) in [7, 11) is 3.28. The zero-order chi connectivity index (χ0) is 7.40. The summed E-state index contributed by atoms with van der Waals surface area (Å²) in [6, 6.07) is 0. The Morgan fingerprint density at radius 2 is 2.30 bits per heavy atom. The minimum absolute atomic E-state index is 0.0545. The average molecular weight is 138 g/mol. The summed E-state index contributed by atoms with van der Waals surface area (Å²) in [5.41, 5.74) is 2.93. The van der Waals surface area contributed by atoms with Crippen LogP contribution in [0.4, 0.5) is 0 Å². The van der Waals surface area contributed by atoms with E-state index in [0.29, 0.717) is 0 Å². The van der Waals surface area contributed by atoms with Gasteiger partial charge in [0.05, 0.1) is 7.11 Å². The average Bonchev–Trinajstić information content (AvgIpc) is 2.05. The van der Waals surface area contributed by atoms with Gasteiger partial charge in [0.2, 0.25) is 0 Å². The molecule has 0 aromatic rings. The molecule has 1 unspecified atom stereocenters. The van der Waals surface area contributed by atoms with E-state index in [1.54, 1.807) is 14.2 Å². The predicted octanol–water partition coefficient (Wildman–Crippen LogP) is 1.26. The monoisotopic (exact) mass is 138 g/mol. The Morgan fingerprint density at radius 1 is 1.50 bits per heavy atom. The first-order chi connectivity index (χ1) is 4.86. The summed E-state index contributed by atoms with van der Waals surface area (Å²) in [5, 5.41) is 0. The van der Waals surface area contributed by atoms with Crippen molar-refractivity contribution in [1.82, 2.24) is 0 Å². The number of hydrogen-bond acceptors (Lipinski definition) is 2. The van der Waals surface area contributed by atoms with E-state index in [0.717, 1.165) is 5.76 Å². The van der Waals surface area contributed by atoms with Gasteiger partial charge in [-0.1, -0.05) is 5.73 Å². The highest BCUT2D eigenvalue weighted by Crippen LogP contribution is 2.05. The molecule has 54 valence electrons. The quantitative estimate of drug-likeness (QED) is 0.535. The second-order valence-corrected chi connectivity index (χ2v) is 1.94. The van der Waals surface area contributed by atoms with E-state index >= 15 is 0 Å². The number of methoxy groups -OCH3 is 2. The summed E-state index contributed by atoms with van der Waals surface area (Å²) in [6.07, 6.45) is 5.63. The molecular formula is C8H10O2. The van der Waals surface area contributed by atoms with Crippen molar-refractivity contribution >= 4 is 0 Å². The predicted molar refractivity (Wildman–Crippen MR) is 38.5 cm³/mol. The van der Waals surface area contributed by atoms with Crippen LogP contribution in [0.5, 0.6) is 0 Å². The molecule has 2 nitrogen and oxygen atoms in total. The molecule has 0 amide bonds. The minimum atomic E-state index is 0.0545. The normalized spacial score (nSPS) is 22.6. The minimum Gasteiger partial charge on any atom is -0.489 e. The fraction of sp³-hybridized carbons (Fsp3) is 0.375. The fourth-order valence-corrected chi connectivity index (χ4v) is 0.724. The Balaban J connectivity index is 2.69. The lowest BCUT2D eigenvalue weighted by molar-refractivity contribution is 0.176. The van der Waals surface area contributed by atoms with Gasteiger partial charge in [0.15, 0.2) is 5.76 Å². The lowest BCUT2D eigenvalue weighted by atomic mass is 10.2. The molecule has 0 saturated carbocycles. The Labute approximate surface area is 60.4 Å². The van der Waals surface area contributed by atoms with Gasteiger partial charge in [0.25, 0.3) is 0 Å². The van der Waals surface area contributed by atoms with Crippen LogP contribution in [-0.4, -0.2) is 20.3 Å². The maximum atomic E-state index is 5.01. The Morgan fingerprint density at radius 3 is 2.70 bits per heavy atom. The first kappa shape index (κ1) is 7.13. The first-order valence-corrected chi connectivity index (χ1v) is 3.08. The molecular weight excluding hydrogens is 128 g/mol. The van der Waals surface area contributed by atoms with Gasteiger partial charge < -0.3 is 9.47 Å². The molecule has 1 aliphatic rings. The van der Waals surface area contributed by atoms with E-state index in [9.17, 15) is 0 Å². The van der Waals surface area contributed by atoms with Crippen molar-refractivity contribution in [3.8, 4) is 0 Å². The SMILES string of the molecule is COC1=C=CC(OC)C=C1. The third-order valence-corrected chi connectivity index (χ3v) is 1.32. The molecule has 0 spiro atoms. The lowest BCUT2D eigenvalue weighted by Gasteiger charge is -2.06. The van der Waals surface area contributed by atoms with Crippen molar-refractivity contribution in [1.29, 1.82) is 0 Å². The van der Waals surface area contributed by atoms with E-state index in [-0.39, 0.29) is 6.10 Å². The van der Waals surface area contributed by atoms with E-state index in [1.807, 2.05) is 18.2 Å². The van der Waals surface area contributed by atoms with E-state index in [2.05, 4.69) is 5.73 Å². The van der Waals surface area contributed by atoms with Crippen LogP contribution in [0, 0.1) is 0 Å². The van der Waals surface area contributed by atoms with Crippen LogP contribution in [0.15, 0.2) is 29.7 Å². The molecule has 10 heavy (non-hydrogen) atoms. The van der Waals surface area contributed by atoms with Crippen LogP contribution in [-0.2, 0) is 9.47 Å². The smallest absolute Gasteiger partial charge is 0.161 e. The maximum absolute atomic E-state index is 5.01. The van der Waals surface area contributed by atoms with Crippen molar-refractivity contribution in [2.24, 2.45) is 0 Å². The summed E-state index contributed by atoms with van der Waals surface area (Å²) >= 11 is 0. The van der Waals surface area contributed by atoms with Gasteiger partial charge in [-0.3, -0.25) is 0 Å². The molecule has 1 atom stereocenters. The number of ether oxygens (including phenoxy) is 2. The lowest BCUT2D eigenvalue weighted by Crippen LogP contribution is -2.03. The third-order valence-electron chi connectivity index (χ3n) is 1.32. The van der Waals surface area contributed by atoms with Crippen LogP contribution < -0.4 is 0 Å². The van der Waals surface area contributed by atoms with E-state index in [4.69, 9.17) is 9.47 Å². The van der Waals surface area contributed by atoms with Gasteiger partial charge in [-0.25, -0.2) is 0 Å². The third kappa shape index (κ3) is 1.50. The molecule has 0 aromatic carbocycles. The molecule has 0 saturated heterocycles. The van der Waals surface area contributed by atoms with Gasteiger partial charge in [0.1, 0.15) is 6.10 Å². The molecule has 0 aliphatic heterocycles. The Kier molecular flexibility index (Phi) is 2.32. The van der Waals surface area contributed by atoms with E-state index in [1.165, 1.54) is 0 Å². The maximum Gasteiger partial charge on any atom is 0.161 e. The Bertz CT molecular complexity index is 197. The van der Waals surface area contributed by atoms with Crippen molar-refractivity contribution < 1.29 is 9.47 Å². The summed E-state index contributed by atoms with van der Waals surface area (Å²) in [5.74, 6) is 0.744. The fourth-order valence-electron chi connectivity index (χ4n) is 0.724. The molecule has 0 fully saturated rings. The topological polar surface area (TPSA) is 18.5 Å². The standard InChI is InChI=1S/C8H10O2/c1-9-7-3-5-8(10-2)6-4-7/h3-5,7H,1-2H3. The van der Waals surface area contributed by atoms with Crippen molar-refractivity contribution in [2.75, 3.05) is 14.2 Å². The second kappa shape index (κ2) is 3.25. The van der Waals surface area contributed by atoms with Crippen LogP contribution >= 0.6 is 0 Å². The van der Waals surface area contributed by atoms with Crippen LogP contribution in [0.3, 0.4) is 0 Å². The summed E-state index contributed by atoms with van der Waals surface area (Å²) in [6.45, 7) is 0. The molecule has 0 N–H and O–H groups in total. The van der Waals surface area contributed by atoms with Gasteiger partial charge in [-0.15, -0.1) is 0 Å². The first-order valence-electron chi connectivity index (χ1n) is 3.08. The summed E-state index contributed by atoms with van der Waals surface area (Å²) in [4.78, 5) is 0. The van der Waals surface area contributed by atoms with Crippen molar-refractivity contribution in [2.45, 2.75) is 6.10 Å². The van der Waals surface area contributed by atoms with Gasteiger partial charge >= 0.3 is 0 Å². The van der Waals surface area contributed by atoms with Crippen LogP contribution in [0.1, 0.15) is 0 Å². The van der Waals surface area contributed by atoms with E-state index < -0.39 is 0 Å². The number of rotatable bonds is 2. The van der Waals surface area contributed by atoms with Crippen molar-refractivity contribution in [3.63, 3.8) is 0 Å². The molecule has 0 bridgehead atoms. The molecule has 0 aromatic heterocycles. The molecule has 1 aliphatic carbocycles. The highest BCUT2D eigenvalue weighted by molar-refractivity contribution is 5.21.